The molecule has 0 unspecified atom stereocenters. The molecule has 0 aromatic heterocycles. The second-order valence-corrected chi connectivity index (χ2v) is 3.66. The molecular weight excluding hydrogens is 186 g/mol. The molecule has 4 heteroatoms. The summed E-state index contributed by atoms with van der Waals surface area (Å²) < 4.78 is 5.33. The van der Waals surface area contributed by atoms with Crippen LogP contribution in [0.25, 0.3) is 0 Å². The SMILES string of the molecule is CC(C)OCCN(C)C(=O)CCS. The maximum atomic E-state index is 11.2. The summed E-state index contributed by atoms with van der Waals surface area (Å²) in [6.45, 7) is 5.22. The van der Waals surface area contributed by atoms with Crippen LogP contribution in [0, 0.1) is 0 Å². The van der Waals surface area contributed by atoms with Crippen molar-refractivity contribution >= 4 is 18.5 Å². The van der Waals surface area contributed by atoms with Crippen LogP contribution in [0.3, 0.4) is 0 Å². The summed E-state index contributed by atoms with van der Waals surface area (Å²) >= 11 is 4.00. The molecule has 13 heavy (non-hydrogen) atoms. The van der Waals surface area contributed by atoms with Crippen molar-refractivity contribution in [1.29, 1.82) is 0 Å². The van der Waals surface area contributed by atoms with Crippen molar-refractivity contribution in [2.75, 3.05) is 26.0 Å². The molecule has 0 aliphatic rings. The van der Waals surface area contributed by atoms with Crippen LogP contribution in [-0.2, 0) is 9.53 Å². The second-order valence-electron chi connectivity index (χ2n) is 3.21. The summed E-state index contributed by atoms with van der Waals surface area (Å²) in [5, 5.41) is 0. The lowest BCUT2D eigenvalue weighted by Gasteiger charge is -2.17. The van der Waals surface area contributed by atoms with Gasteiger partial charge in [0.2, 0.25) is 5.91 Å². The van der Waals surface area contributed by atoms with Gasteiger partial charge in [-0.25, -0.2) is 0 Å². The van der Waals surface area contributed by atoms with E-state index < -0.39 is 0 Å². The highest BCUT2D eigenvalue weighted by atomic mass is 32.1. The zero-order valence-corrected chi connectivity index (χ0v) is 9.51. The molecule has 0 rings (SSSR count). The van der Waals surface area contributed by atoms with Gasteiger partial charge in [-0.1, -0.05) is 0 Å². The Hall–Kier alpha value is -0.220. The van der Waals surface area contributed by atoms with E-state index in [0.717, 1.165) is 0 Å². The second kappa shape index (κ2) is 7.21. The summed E-state index contributed by atoms with van der Waals surface area (Å²) in [7, 11) is 1.79. The fraction of sp³-hybridized carbons (Fsp3) is 0.889. The number of carbonyl (C=O) groups is 1. The van der Waals surface area contributed by atoms with Crippen LogP contribution in [0.5, 0.6) is 0 Å². The number of rotatable bonds is 6. The number of carbonyl (C=O) groups excluding carboxylic acids is 1. The molecule has 3 nitrogen and oxygen atoms in total. The first kappa shape index (κ1) is 12.8. The van der Waals surface area contributed by atoms with E-state index in [0.29, 0.717) is 25.3 Å². The maximum absolute atomic E-state index is 11.2. The Morgan fingerprint density at radius 3 is 2.62 bits per heavy atom. The standard InChI is InChI=1S/C9H19NO2S/c1-8(2)12-6-5-10(3)9(11)4-7-13/h8,13H,4-7H2,1-3H3. The average Bonchev–Trinajstić information content (AvgIpc) is 2.04. The van der Waals surface area contributed by atoms with Gasteiger partial charge in [-0.05, 0) is 19.6 Å². The van der Waals surface area contributed by atoms with Crippen molar-refractivity contribution in [3.8, 4) is 0 Å². The minimum absolute atomic E-state index is 0.127. The number of thiol groups is 1. The van der Waals surface area contributed by atoms with Gasteiger partial charge in [0, 0.05) is 20.0 Å². The normalized spacial score (nSPS) is 10.5. The van der Waals surface area contributed by atoms with Gasteiger partial charge < -0.3 is 9.64 Å². The number of likely N-dealkylation sites (N-methyl/N-ethyl adjacent to an activating group) is 1. The lowest BCUT2D eigenvalue weighted by molar-refractivity contribution is -0.130. The molecular formula is C9H19NO2S. The van der Waals surface area contributed by atoms with E-state index in [1.54, 1.807) is 11.9 Å². The fourth-order valence-electron chi connectivity index (χ4n) is 0.837. The van der Waals surface area contributed by atoms with Crippen molar-refractivity contribution < 1.29 is 9.53 Å². The molecule has 0 saturated carbocycles. The molecule has 0 saturated heterocycles. The molecule has 0 heterocycles. The van der Waals surface area contributed by atoms with Gasteiger partial charge in [-0.2, -0.15) is 12.6 Å². The molecule has 78 valence electrons. The summed E-state index contributed by atoms with van der Waals surface area (Å²) in [5.74, 6) is 0.733. The van der Waals surface area contributed by atoms with Crippen LogP contribution in [0.2, 0.25) is 0 Å². The monoisotopic (exact) mass is 205 g/mol. The number of ether oxygens (including phenoxy) is 1. The minimum Gasteiger partial charge on any atom is -0.377 e. The smallest absolute Gasteiger partial charge is 0.223 e. The third kappa shape index (κ3) is 6.90. The molecule has 1 amide bonds. The van der Waals surface area contributed by atoms with Crippen molar-refractivity contribution in [3.63, 3.8) is 0 Å². The molecule has 0 aromatic rings. The minimum atomic E-state index is 0.127. The predicted molar refractivity (Wildman–Crippen MR) is 57.2 cm³/mol. The summed E-state index contributed by atoms with van der Waals surface area (Å²) in [6, 6.07) is 0. The zero-order valence-electron chi connectivity index (χ0n) is 8.62. The van der Waals surface area contributed by atoms with Crippen LogP contribution in [0.15, 0.2) is 0 Å². The van der Waals surface area contributed by atoms with Crippen LogP contribution >= 0.6 is 12.6 Å². The summed E-state index contributed by atoms with van der Waals surface area (Å²) in [6.07, 6.45) is 0.731. The summed E-state index contributed by atoms with van der Waals surface area (Å²) in [5.41, 5.74) is 0. The van der Waals surface area contributed by atoms with E-state index in [-0.39, 0.29) is 12.0 Å². The lowest BCUT2D eigenvalue weighted by Crippen LogP contribution is -2.30. The largest absolute Gasteiger partial charge is 0.377 e. The van der Waals surface area contributed by atoms with Crippen LogP contribution in [0.4, 0.5) is 0 Å². The highest BCUT2D eigenvalue weighted by Gasteiger charge is 2.06. The van der Waals surface area contributed by atoms with Crippen LogP contribution < -0.4 is 0 Å². The number of nitrogens with zero attached hydrogens (tertiary/aromatic N) is 1. The Bertz CT molecular complexity index is 151. The van der Waals surface area contributed by atoms with Gasteiger partial charge >= 0.3 is 0 Å². The number of hydrogen-bond acceptors (Lipinski definition) is 3. The van der Waals surface area contributed by atoms with E-state index in [4.69, 9.17) is 4.74 Å². The lowest BCUT2D eigenvalue weighted by atomic mass is 10.4. The zero-order chi connectivity index (χ0) is 10.3. The van der Waals surface area contributed by atoms with Gasteiger partial charge in [0.1, 0.15) is 0 Å². The third-order valence-electron chi connectivity index (χ3n) is 1.63. The molecule has 0 spiro atoms. The Morgan fingerprint density at radius 1 is 1.54 bits per heavy atom. The van der Waals surface area contributed by atoms with Crippen molar-refractivity contribution in [1.82, 2.24) is 4.90 Å². The molecule has 0 fully saturated rings. The summed E-state index contributed by atoms with van der Waals surface area (Å²) in [4.78, 5) is 12.9. The molecule has 0 bridgehead atoms. The highest BCUT2D eigenvalue weighted by Crippen LogP contribution is 1.94. The van der Waals surface area contributed by atoms with Gasteiger partial charge in [-0.15, -0.1) is 0 Å². The van der Waals surface area contributed by atoms with Crippen molar-refractivity contribution in [3.05, 3.63) is 0 Å². The third-order valence-corrected chi connectivity index (χ3v) is 1.85. The van der Waals surface area contributed by atoms with E-state index in [9.17, 15) is 4.79 Å². The van der Waals surface area contributed by atoms with Crippen LogP contribution in [-0.4, -0.2) is 42.9 Å². The topological polar surface area (TPSA) is 29.5 Å². The van der Waals surface area contributed by atoms with Crippen molar-refractivity contribution in [2.45, 2.75) is 26.4 Å². The highest BCUT2D eigenvalue weighted by molar-refractivity contribution is 7.80. The van der Waals surface area contributed by atoms with Gasteiger partial charge in [-0.3, -0.25) is 4.79 Å². The maximum Gasteiger partial charge on any atom is 0.223 e. The number of hydrogen-bond donors (Lipinski definition) is 1. The fourth-order valence-corrected chi connectivity index (χ4v) is 1.03. The van der Waals surface area contributed by atoms with E-state index in [1.807, 2.05) is 13.8 Å². The quantitative estimate of drug-likeness (QED) is 0.660. The van der Waals surface area contributed by atoms with Crippen molar-refractivity contribution in [2.24, 2.45) is 0 Å². The molecule has 0 aliphatic heterocycles. The molecule has 0 N–H and O–H groups in total. The van der Waals surface area contributed by atoms with E-state index in [2.05, 4.69) is 12.6 Å². The first-order valence-corrected chi connectivity index (χ1v) is 5.17. The Balaban J connectivity index is 3.49. The number of amides is 1. The molecule has 0 aromatic carbocycles. The Labute approximate surface area is 85.8 Å². The average molecular weight is 205 g/mol. The van der Waals surface area contributed by atoms with E-state index in [1.165, 1.54) is 0 Å². The van der Waals surface area contributed by atoms with Gasteiger partial charge in [0.05, 0.1) is 12.7 Å². The van der Waals surface area contributed by atoms with Gasteiger partial charge in [0.25, 0.3) is 0 Å². The molecule has 0 atom stereocenters. The molecule has 0 aliphatic carbocycles. The Morgan fingerprint density at radius 2 is 2.15 bits per heavy atom. The first-order valence-electron chi connectivity index (χ1n) is 4.54. The predicted octanol–water partition coefficient (Wildman–Crippen LogP) is 1.19. The van der Waals surface area contributed by atoms with Crippen LogP contribution in [0.1, 0.15) is 20.3 Å². The van der Waals surface area contributed by atoms with Gasteiger partial charge in [0.15, 0.2) is 0 Å². The first-order chi connectivity index (χ1) is 6.07. The molecule has 0 radical (unpaired) electrons. The van der Waals surface area contributed by atoms with E-state index >= 15 is 0 Å². The Kier molecular flexibility index (Phi) is 7.09.